The number of nitrogens with one attached hydrogen (secondary N) is 1. The molecule has 2 amide bonds. The van der Waals surface area contributed by atoms with Crippen LogP contribution in [-0.2, 0) is 26.0 Å². The lowest BCUT2D eigenvalue weighted by Crippen LogP contribution is -2.35. The molecule has 1 aliphatic rings. The number of carbonyl (C=O) groups excluding carboxylic acids is 2. The number of anilines is 1. The summed E-state index contributed by atoms with van der Waals surface area (Å²) in [5.74, 6) is -0.310. The second-order valence-corrected chi connectivity index (χ2v) is 9.48. The number of carbonyl (C=O) groups is 2. The highest BCUT2D eigenvalue weighted by molar-refractivity contribution is 7.89. The topological polar surface area (TPSA) is 86.8 Å². The van der Waals surface area contributed by atoms with Crippen LogP contribution in [0.3, 0.4) is 0 Å². The van der Waals surface area contributed by atoms with Gasteiger partial charge in [-0.05, 0) is 35.7 Å². The molecule has 0 saturated heterocycles. The summed E-state index contributed by atoms with van der Waals surface area (Å²) in [6, 6.07) is 13.9. The van der Waals surface area contributed by atoms with Gasteiger partial charge in [-0.3, -0.25) is 9.59 Å². The molecule has 0 saturated carbocycles. The minimum atomic E-state index is -3.55. The first kappa shape index (κ1) is 23.0. The van der Waals surface area contributed by atoms with Gasteiger partial charge in [-0.1, -0.05) is 44.2 Å². The van der Waals surface area contributed by atoms with E-state index >= 15 is 0 Å². The zero-order valence-electron chi connectivity index (χ0n) is 18.2. The summed E-state index contributed by atoms with van der Waals surface area (Å²) in [4.78, 5) is 26.7. The number of nitrogens with zero attached hydrogens (tertiary/aromatic N) is 2. The van der Waals surface area contributed by atoms with Crippen molar-refractivity contribution >= 4 is 27.5 Å². The van der Waals surface area contributed by atoms with E-state index in [1.54, 1.807) is 23.1 Å². The lowest BCUT2D eigenvalue weighted by atomic mass is 10.0. The summed E-state index contributed by atoms with van der Waals surface area (Å²) in [6.07, 6.45) is 0.724. The van der Waals surface area contributed by atoms with Gasteiger partial charge in [0.25, 0.3) is 0 Å². The Bertz CT molecular complexity index is 1050. The summed E-state index contributed by atoms with van der Waals surface area (Å²) >= 11 is 0. The Morgan fingerprint density at radius 1 is 1.10 bits per heavy atom. The second kappa shape index (κ2) is 9.62. The summed E-state index contributed by atoms with van der Waals surface area (Å²) in [6.45, 7) is 6.36. The van der Waals surface area contributed by atoms with Crippen LogP contribution >= 0.6 is 0 Å². The van der Waals surface area contributed by atoms with Crippen molar-refractivity contribution in [1.29, 1.82) is 0 Å². The van der Waals surface area contributed by atoms with Crippen molar-refractivity contribution in [2.45, 2.75) is 44.6 Å². The van der Waals surface area contributed by atoms with Crippen molar-refractivity contribution in [2.75, 3.05) is 24.5 Å². The van der Waals surface area contributed by atoms with E-state index < -0.39 is 16.1 Å². The summed E-state index contributed by atoms with van der Waals surface area (Å²) < 4.78 is 27.1. The Labute approximate surface area is 184 Å². The van der Waals surface area contributed by atoms with Crippen molar-refractivity contribution in [1.82, 2.24) is 9.62 Å². The van der Waals surface area contributed by atoms with Crippen LogP contribution in [-0.4, -0.2) is 44.2 Å². The number of sulfonamides is 1. The number of amides is 2. The van der Waals surface area contributed by atoms with Crippen LogP contribution in [0.2, 0.25) is 0 Å². The quantitative estimate of drug-likeness (QED) is 0.680. The van der Waals surface area contributed by atoms with Crippen LogP contribution in [0.5, 0.6) is 0 Å². The lowest BCUT2D eigenvalue weighted by Gasteiger charge is -2.23. The molecule has 1 atom stereocenters. The largest absolute Gasteiger partial charge is 0.349 e. The molecule has 0 fully saturated rings. The van der Waals surface area contributed by atoms with Crippen molar-refractivity contribution in [3.05, 3.63) is 59.7 Å². The molecule has 0 aromatic heterocycles. The maximum atomic E-state index is 13.1. The van der Waals surface area contributed by atoms with E-state index in [0.29, 0.717) is 26.1 Å². The van der Waals surface area contributed by atoms with E-state index in [1.807, 2.05) is 44.2 Å². The Morgan fingerprint density at radius 3 is 2.39 bits per heavy atom. The summed E-state index contributed by atoms with van der Waals surface area (Å²) in [5, 5.41) is 2.86. The van der Waals surface area contributed by atoms with Gasteiger partial charge in [0.1, 0.15) is 0 Å². The van der Waals surface area contributed by atoms with Crippen LogP contribution in [0.1, 0.15) is 44.4 Å². The molecule has 0 radical (unpaired) electrons. The molecular weight excluding hydrogens is 414 g/mol. The fraction of sp³-hybridized carbons (Fsp3) is 0.391. The Kier molecular flexibility index (Phi) is 7.12. The third-order valence-corrected chi connectivity index (χ3v) is 7.59. The van der Waals surface area contributed by atoms with Gasteiger partial charge in [0, 0.05) is 32.2 Å². The average Bonchev–Trinajstić information content (AvgIpc) is 3.17. The highest BCUT2D eigenvalue weighted by atomic mass is 32.2. The van der Waals surface area contributed by atoms with E-state index in [2.05, 4.69) is 5.32 Å². The Balaban J connectivity index is 1.82. The molecule has 1 N–H and O–H groups in total. The van der Waals surface area contributed by atoms with Crippen LogP contribution in [0.4, 0.5) is 5.69 Å². The summed E-state index contributed by atoms with van der Waals surface area (Å²) in [7, 11) is -3.55. The third kappa shape index (κ3) is 4.97. The monoisotopic (exact) mass is 443 g/mol. The fourth-order valence-electron chi connectivity index (χ4n) is 3.98. The summed E-state index contributed by atoms with van der Waals surface area (Å²) in [5.41, 5.74) is 2.45. The highest BCUT2D eigenvalue weighted by Gasteiger charge is 2.30. The second-order valence-electron chi connectivity index (χ2n) is 7.54. The van der Waals surface area contributed by atoms with Gasteiger partial charge >= 0.3 is 0 Å². The van der Waals surface area contributed by atoms with Gasteiger partial charge in [0.05, 0.1) is 17.4 Å². The molecule has 1 unspecified atom stereocenters. The van der Waals surface area contributed by atoms with Crippen LogP contribution in [0.25, 0.3) is 0 Å². The Hall–Kier alpha value is -2.71. The first-order valence-electron chi connectivity index (χ1n) is 10.5. The molecule has 3 rings (SSSR count). The van der Waals surface area contributed by atoms with E-state index in [4.69, 9.17) is 0 Å². The number of fused-ring (bicyclic) bond motifs is 1. The third-order valence-electron chi connectivity index (χ3n) is 5.55. The number of hydrogen-bond donors (Lipinski definition) is 1. The highest BCUT2D eigenvalue weighted by Crippen LogP contribution is 2.32. The van der Waals surface area contributed by atoms with E-state index in [0.717, 1.165) is 16.8 Å². The maximum absolute atomic E-state index is 13.1. The zero-order chi connectivity index (χ0) is 22.6. The Morgan fingerprint density at radius 2 is 1.77 bits per heavy atom. The van der Waals surface area contributed by atoms with Crippen molar-refractivity contribution in [3.63, 3.8) is 0 Å². The molecule has 0 spiro atoms. The lowest BCUT2D eigenvalue weighted by molar-refractivity contribution is -0.121. The van der Waals surface area contributed by atoms with Crippen molar-refractivity contribution in [3.8, 4) is 0 Å². The maximum Gasteiger partial charge on any atom is 0.243 e. The van der Waals surface area contributed by atoms with Gasteiger partial charge in [-0.25, -0.2) is 8.42 Å². The molecule has 2 aromatic rings. The van der Waals surface area contributed by atoms with Gasteiger partial charge in [-0.15, -0.1) is 0 Å². The van der Waals surface area contributed by atoms with Crippen molar-refractivity contribution < 1.29 is 18.0 Å². The average molecular weight is 444 g/mol. The number of rotatable bonds is 8. The van der Waals surface area contributed by atoms with Crippen LogP contribution in [0, 0.1) is 0 Å². The van der Waals surface area contributed by atoms with Gasteiger partial charge < -0.3 is 10.2 Å². The molecule has 2 aromatic carbocycles. The molecule has 1 heterocycles. The predicted molar refractivity (Wildman–Crippen MR) is 120 cm³/mol. The minimum Gasteiger partial charge on any atom is -0.349 e. The molecule has 31 heavy (non-hydrogen) atoms. The van der Waals surface area contributed by atoms with E-state index in [-0.39, 0.29) is 23.1 Å². The molecule has 8 heteroatoms. The van der Waals surface area contributed by atoms with Gasteiger partial charge in [0.2, 0.25) is 21.8 Å². The normalized spacial score (nSPS) is 14.4. The van der Waals surface area contributed by atoms with Gasteiger partial charge in [0.15, 0.2) is 0 Å². The first-order valence-corrected chi connectivity index (χ1v) is 12.0. The fourth-order valence-corrected chi connectivity index (χ4v) is 5.49. The predicted octanol–water partition coefficient (Wildman–Crippen LogP) is 2.87. The SMILES string of the molecule is CCN(CC)S(=O)(=O)c1ccc2c(c1)CCN2C(=O)CC(NC(C)=O)c1ccccc1. The van der Waals surface area contributed by atoms with Crippen LogP contribution < -0.4 is 10.2 Å². The number of benzene rings is 2. The van der Waals surface area contributed by atoms with E-state index in [9.17, 15) is 18.0 Å². The molecule has 0 aliphatic carbocycles. The van der Waals surface area contributed by atoms with E-state index in [1.165, 1.54) is 11.2 Å². The first-order chi connectivity index (χ1) is 14.8. The molecule has 166 valence electrons. The van der Waals surface area contributed by atoms with Gasteiger partial charge in [-0.2, -0.15) is 4.31 Å². The molecule has 7 nitrogen and oxygen atoms in total. The van der Waals surface area contributed by atoms with Crippen molar-refractivity contribution in [2.24, 2.45) is 0 Å². The smallest absolute Gasteiger partial charge is 0.243 e. The zero-order valence-corrected chi connectivity index (χ0v) is 19.0. The molecule has 0 bridgehead atoms. The van der Waals surface area contributed by atoms with Crippen LogP contribution in [0.15, 0.2) is 53.4 Å². The molecular formula is C23H29N3O4S. The minimum absolute atomic E-state index is 0.110. The number of hydrogen-bond acceptors (Lipinski definition) is 4. The molecule has 1 aliphatic heterocycles. The standard InChI is InChI=1S/C23H29N3O4S/c1-4-25(5-2)31(29,30)20-11-12-22-19(15-20)13-14-26(22)23(28)16-21(24-17(3)27)18-9-7-6-8-10-18/h6-12,15,21H,4-5,13-14,16H2,1-3H3,(H,24,27).